The highest BCUT2D eigenvalue weighted by atomic mass is 32.1. The molecule has 0 atom stereocenters. The summed E-state index contributed by atoms with van der Waals surface area (Å²) in [7, 11) is 1.62. The van der Waals surface area contributed by atoms with Gasteiger partial charge in [0.1, 0.15) is 5.82 Å². The third-order valence-corrected chi connectivity index (χ3v) is 3.57. The predicted molar refractivity (Wildman–Crippen MR) is 61.9 cm³/mol. The molecule has 1 fully saturated rings. The first-order valence-electron chi connectivity index (χ1n) is 5.55. The normalized spacial score (nSPS) is 19.6. The van der Waals surface area contributed by atoms with Gasteiger partial charge in [0, 0.05) is 51.0 Å². The van der Waals surface area contributed by atoms with E-state index in [4.69, 9.17) is 4.74 Å². The van der Waals surface area contributed by atoms with Gasteiger partial charge in [0.25, 0.3) is 5.92 Å². The van der Waals surface area contributed by atoms with Crippen molar-refractivity contribution in [2.45, 2.75) is 25.2 Å². The fraction of sp³-hybridized carbons (Fsp3) is 0.800. The molecule has 0 bridgehead atoms. The largest absolute Gasteiger partial charge is 0.384 e. The first kappa shape index (κ1) is 12.6. The smallest absolute Gasteiger partial charge is 0.251 e. The van der Waals surface area contributed by atoms with Gasteiger partial charge in [-0.2, -0.15) is 4.37 Å². The average Bonchev–Trinajstić information content (AvgIpc) is 2.75. The van der Waals surface area contributed by atoms with Gasteiger partial charge in [-0.25, -0.2) is 13.8 Å². The molecule has 7 heteroatoms. The summed E-state index contributed by atoms with van der Waals surface area (Å²) >= 11 is 1.27. The third kappa shape index (κ3) is 3.32. The molecule has 0 amide bonds. The highest BCUT2D eigenvalue weighted by Crippen LogP contribution is 2.30. The number of methoxy groups -OCH3 is 1. The van der Waals surface area contributed by atoms with Gasteiger partial charge >= 0.3 is 0 Å². The van der Waals surface area contributed by atoms with Crippen molar-refractivity contribution in [3.63, 3.8) is 0 Å². The van der Waals surface area contributed by atoms with Crippen LogP contribution in [0.4, 0.5) is 13.9 Å². The Hall–Kier alpha value is -0.820. The zero-order valence-electron chi connectivity index (χ0n) is 9.66. The summed E-state index contributed by atoms with van der Waals surface area (Å²) < 4.78 is 35.1. The Bertz CT molecular complexity index is 362. The van der Waals surface area contributed by atoms with Crippen molar-refractivity contribution in [3.05, 3.63) is 5.82 Å². The molecule has 2 heterocycles. The molecule has 1 aromatic rings. The van der Waals surface area contributed by atoms with Crippen LogP contribution < -0.4 is 4.90 Å². The molecule has 0 aromatic carbocycles. The SMILES string of the molecule is COCCc1nsc(N2CCC(F)(F)CC2)n1. The number of hydrogen-bond acceptors (Lipinski definition) is 5. The lowest BCUT2D eigenvalue weighted by atomic mass is 10.1. The molecule has 0 unspecified atom stereocenters. The standard InChI is InChI=1S/C10H15F2N3OS/c1-16-7-2-8-13-9(17-14-8)15-5-3-10(11,12)4-6-15/h2-7H2,1H3. The molecular weight excluding hydrogens is 248 g/mol. The zero-order chi connectivity index (χ0) is 12.3. The maximum absolute atomic E-state index is 13.0. The minimum absolute atomic E-state index is 0.0972. The summed E-state index contributed by atoms with van der Waals surface area (Å²) in [5.74, 6) is -1.79. The number of alkyl halides is 2. The van der Waals surface area contributed by atoms with Crippen molar-refractivity contribution in [3.8, 4) is 0 Å². The summed E-state index contributed by atoms with van der Waals surface area (Å²) in [5.41, 5.74) is 0. The quantitative estimate of drug-likeness (QED) is 0.832. The van der Waals surface area contributed by atoms with Gasteiger partial charge in [-0.15, -0.1) is 0 Å². The maximum atomic E-state index is 13.0. The molecule has 0 aliphatic carbocycles. The van der Waals surface area contributed by atoms with Gasteiger partial charge in [-0.05, 0) is 0 Å². The number of aromatic nitrogens is 2. The fourth-order valence-corrected chi connectivity index (χ4v) is 2.46. The van der Waals surface area contributed by atoms with Crippen LogP contribution >= 0.6 is 11.5 Å². The van der Waals surface area contributed by atoms with Crippen molar-refractivity contribution in [1.29, 1.82) is 0 Å². The van der Waals surface area contributed by atoms with Crippen molar-refractivity contribution >= 4 is 16.7 Å². The van der Waals surface area contributed by atoms with Crippen LogP contribution in [0.2, 0.25) is 0 Å². The van der Waals surface area contributed by atoms with Gasteiger partial charge in [0.05, 0.1) is 6.61 Å². The van der Waals surface area contributed by atoms with Gasteiger partial charge in [0.15, 0.2) is 0 Å². The molecule has 0 N–H and O–H groups in total. The van der Waals surface area contributed by atoms with E-state index in [9.17, 15) is 8.78 Å². The van der Waals surface area contributed by atoms with E-state index in [2.05, 4.69) is 9.36 Å². The lowest BCUT2D eigenvalue weighted by Crippen LogP contribution is -2.39. The maximum Gasteiger partial charge on any atom is 0.251 e. The molecule has 1 aromatic heterocycles. The monoisotopic (exact) mass is 263 g/mol. The molecule has 2 rings (SSSR count). The van der Waals surface area contributed by atoms with E-state index in [1.807, 2.05) is 4.90 Å². The number of nitrogens with zero attached hydrogens (tertiary/aromatic N) is 3. The molecule has 0 saturated carbocycles. The van der Waals surface area contributed by atoms with Crippen LogP contribution in [0.3, 0.4) is 0 Å². The van der Waals surface area contributed by atoms with E-state index < -0.39 is 5.92 Å². The van der Waals surface area contributed by atoms with Crippen LogP contribution in [-0.4, -0.2) is 42.1 Å². The summed E-state index contributed by atoms with van der Waals surface area (Å²) in [6.45, 7) is 1.28. The van der Waals surface area contributed by atoms with E-state index in [1.54, 1.807) is 7.11 Å². The Morgan fingerprint density at radius 1 is 1.41 bits per heavy atom. The second-order valence-corrected chi connectivity index (χ2v) is 4.81. The lowest BCUT2D eigenvalue weighted by molar-refractivity contribution is -0.0220. The first-order chi connectivity index (χ1) is 8.11. The molecular formula is C10H15F2N3OS. The van der Waals surface area contributed by atoms with Crippen LogP contribution in [-0.2, 0) is 11.2 Å². The second-order valence-electron chi connectivity index (χ2n) is 4.08. The van der Waals surface area contributed by atoms with Gasteiger partial charge in [0.2, 0.25) is 5.13 Å². The number of halogens is 2. The summed E-state index contributed by atoms with van der Waals surface area (Å²) in [5, 5.41) is 0.742. The fourth-order valence-electron chi connectivity index (χ4n) is 1.69. The van der Waals surface area contributed by atoms with E-state index in [-0.39, 0.29) is 12.8 Å². The van der Waals surface area contributed by atoms with Crippen LogP contribution in [0.5, 0.6) is 0 Å². The minimum atomic E-state index is -2.51. The first-order valence-corrected chi connectivity index (χ1v) is 6.32. The number of rotatable bonds is 4. The lowest BCUT2D eigenvalue weighted by Gasteiger charge is -2.31. The number of piperidine rings is 1. The van der Waals surface area contributed by atoms with E-state index in [0.717, 1.165) is 11.0 Å². The molecule has 17 heavy (non-hydrogen) atoms. The molecule has 4 nitrogen and oxygen atoms in total. The molecule has 96 valence electrons. The zero-order valence-corrected chi connectivity index (χ0v) is 10.5. The number of ether oxygens (including phenoxy) is 1. The molecule has 0 spiro atoms. The van der Waals surface area contributed by atoms with Crippen LogP contribution in [0, 0.1) is 0 Å². The van der Waals surface area contributed by atoms with Gasteiger partial charge in [-0.3, -0.25) is 0 Å². The van der Waals surface area contributed by atoms with Crippen molar-refractivity contribution in [1.82, 2.24) is 9.36 Å². The van der Waals surface area contributed by atoms with E-state index >= 15 is 0 Å². The van der Waals surface area contributed by atoms with Crippen LogP contribution in [0.25, 0.3) is 0 Å². The van der Waals surface area contributed by atoms with Crippen molar-refractivity contribution in [2.24, 2.45) is 0 Å². The summed E-state index contributed by atoms with van der Waals surface area (Å²) in [6.07, 6.45) is 0.469. The van der Waals surface area contributed by atoms with E-state index in [0.29, 0.717) is 26.1 Å². The Kier molecular flexibility index (Phi) is 3.88. The molecule has 1 aliphatic rings. The Labute approximate surface area is 103 Å². The molecule has 1 saturated heterocycles. The highest BCUT2D eigenvalue weighted by Gasteiger charge is 2.34. The Balaban J connectivity index is 1.92. The molecule has 0 radical (unpaired) electrons. The van der Waals surface area contributed by atoms with Crippen LogP contribution in [0.15, 0.2) is 0 Å². The van der Waals surface area contributed by atoms with Crippen molar-refractivity contribution in [2.75, 3.05) is 31.7 Å². The van der Waals surface area contributed by atoms with Gasteiger partial charge in [-0.1, -0.05) is 0 Å². The summed E-state index contributed by atoms with van der Waals surface area (Å²) in [6, 6.07) is 0. The number of hydrogen-bond donors (Lipinski definition) is 0. The topological polar surface area (TPSA) is 38.2 Å². The Morgan fingerprint density at radius 2 is 2.12 bits per heavy atom. The Morgan fingerprint density at radius 3 is 2.76 bits per heavy atom. The van der Waals surface area contributed by atoms with E-state index in [1.165, 1.54) is 11.5 Å². The minimum Gasteiger partial charge on any atom is -0.384 e. The average molecular weight is 263 g/mol. The second kappa shape index (κ2) is 5.22. The van der Waals surface area contributed by atoms with Gasteiger partial charge < -0.3 is 9.64 Å². The molecule has 1 aliphatic heterocycles. The predicted octanol–water partition coefficient (Wildman–Crippen LogP) is 1.96. The van der Waals surface area contributed by atoms with Crippen molar-refractivity contribution < 1.29 is 13.5 Å². The third-order valence-electron chi connectivity index (χ3n) is 2.75. The highest BCUT2D eigenvalue weighted by molar-refractivity contribution is 7.09. The van der Waals surface area contributed by atoms with Crippen LogP contribution in [0.1, 0.15) is 18.7 Å². The summed E-state index contributed by atoms with van der Waals surface area (Å²) in [4.78, 5) is 6.21. The number of anilines is 1.